The summed E-state index contributed by atoms with van der Waals surface area (Å²) in [5.74, 6) is 0. The van der Waals surface area contributed by atoms with Gasteiger partial charge in [0, 0.05) is 37.3 Å². The molecule has 0 aliphatic carbocycles. The lowest BCUT2D eigenvalue weighted by Crippen LogP contribution is -2.55. The van der Waals surface area contributed by atoms with E-state index < -0.39 is 9.85 Å². The molecule has 1 N–H and O–H groups in total. The lowest BCUT2D eigenvalue weighted by atomic mass is 10.1. The fraction of sp³-hybridized carbons (Fsp3) is 0.455. The molecule has 8 heteroatoms. The van der Waals surface area contributed by atoms with Gasteiger partial charge in [0.05, 0.1) is 15.9 Å². The van der Waals surface area contributed by atoms with Crippen molar-refractivity contribution in [2.75, 3.05) is 20.1 Å². The molecule has 0 bridgehead atoms. The predicted octanol–water partition coefficient (Wildman–Crippen LogP) is 0.907. The third kappa shape index (κ3) is 2.85. The largest absolute Gasteiger partial charge is 0.314 e. The Morgan fingerprint density at radius 3 is 2.47 bits per heavy atom. The van der Waals surface area contributed by atoms with Crippen LogP contribution in [0, 0.1) is 20.2 Å². The first-order valence-corrected chi connectivity index (χ1v) is 5.81. The van der Waals surface area contributed by atoms with Crippen molar-refractivity contribution in [3.8, 4) is 0 Å². The number of rotatable bonds is 5. The van der Waals surface area contributed by atoms with Gasteiger partial charge in [-0.3, -0.25) is 25.1 Å². The highest BCUT2D eigenvalue weighted by Gasteiger charge is 2.25. The van der Waals surface area contributed by atoms with E-state index >= 15 is 0 Å². The molecular weight excluding hydrogens is 252 g/mol. The Balaban J connectivity index is 2.23. The molecule has 1 aromatic carbocycles. The predicted molar refractivity (Wildman–Crippen MR) is 67.9 cm³/mol. The molecule has 0 radical (unpaired) electrons. The number of hydrogen-bond acceptors (Lipinski definition) is 6. The Bertz CT molecular complexity index is 515. The van der Waals surface area contributed by atoms with Crippen molar-refractivity contribution in [2.45, 2.75) is 12.6 Å². The molecule has 1 aromatic rings. The summed E-state index contributed by atoms with van der Waals surface area (Å²) in [4.78, 5) is 22.4. The van der Waals surface area contributed by atoms with Gasteiger partial charge in [0.1, 0.15) is 0 Å². The number of nitro benzene ring substituents is 2. The molecule has 0 spiro atoms. The fourth-order valence-electron chi connectivity index (χ4n) is 1.95. The second-order valence-corrected chi connectivity index (χ2v) is 4.55. The molecule has 0 amide bonds. The van der Waals surface area contributed by atoms with Crippen LogP contribution in [0.25, 0.3) is 0 Å². The zero-order valence-electron chi connectivity index (χ0n) is 10.4. The van der Waals surface area contributed by atoms with Gasteiger partial charge in [0.2, 0.25) is 0 Å². The molecule has 2 rings (SSSR count). The van der Waals surface area contributed by atoms with Crippen LogP contribution in [-0.4, -0.2) is 40.9 Å². The van der Waals surface area contributed by atoms with E-state index in [2.05, 4.69) is 5.32 Å². The standard InChI is InChI=1S/C11H14N4O4/c1-13(10-5-12-6-10)7-8-2-3-9(14(16)17)4-11(8)15(18)19/h2-4,10,12H,5-7H2,1H3. The minimum atomic E-state index is -0.629. The molecule has 1 aliphatic rings. The number of hydrogen-bond donors (Lipinski definition) is 1. The highest BCUT2D eigenvalue weighted by molar-refractivity contribution is 5.49. The number of likely N-dealkylation sites (N-methyl/N-ethyl adjacent to an activating group) is 1. The number of nitrogens with zero attached hydrogens (tertiary/aromatic N) is 3. The van der Waals surface area contributed by atoms with Crippen molar-refractivity contribution in [1.29, 1.82) is 0 Å². The number of nitrogens with one attached hydrogen (secondary N) is 1. The summed E-state index contributed by atoms with van der Waals surface area (Å²) in [6.07, 6.45) is 0. The SMILES string of the molecule is CN(Cc1ccc([N+](=O)[O-])cc1[N+](=O)[O-])C1CNC1. The minimum absolute atomic E-state index is 0.201. The molecule has 1 aliphatic heterocycles. The van der Waals surface area contributed by atoms with Crippen molar-refractivity contribution >= 4 is 11.4 Å². The molecule has 1 saturated heterocycles. The summed E-state index contributed by atoms with van der Waals surface area (Å²) in [6, 6.07) is 4.13. The van der Waals surface area contributed by atoms with Gasteiger partial charge in [-0.2, -0.15) is 0 Å². The maximum atomic E-state index is 11.0. The molecule has 0 saturated carbocycles. The van der Waals surface area contributed by atoms with E-state index in [1.165, 1.54) is 12.1 Å². The van der Waals surface area contributed by atoms with Crippen LogP contribution >= 0.6 is 0 Å². The van der Waals surface area contributed by atoms with E-state index in [-0.39, 0.29) is 11.4 Å². The first-order chi connectivity index (χ1) is 8.99. The lowest BCUT2D eigenvalue weighted by Gasteiger charge is -2.35. The Morgan fingerprint density at radius 1 is 1.32 bits per heavy atom. The summed E-state index contributed by atoms with van der Waals surface area (Å²) in [6.45, 7) is 2.12. The van der Waals surface area contributed by atoms with Gasteiger partial charge in [-0.05, 0) is 13.1 Å². The Hall–Kier alpha value is -2.06. The van der Waals surface area contributed by atoms with E-state index in [9.17, 15) is 20.2 Å². The first-order valence-electron chi connectivity index (χ1n) is 5.81. The van der Waals surface area contributed by atoms with E-state index in [1.54, 1.807) is 0 Å². The van der Waals surface area contributed by atoms with Gasteiger partial charge < -0.3 is 5.32 Å². The zero-order valence-corrected chi connectivity index (χ0v) is 10.4. The van der Waals surface area contributed by atoms with Crippen molar-refractivity contribution < 1.29 is 9.85 Å². The van der Waals surface area contributed by atoms with E-state index in [1.807, 2.05) is 11.9 Å². The topological polar surface area (TPSA) is 102 Å². The van der Waals surface area contributed by atoms with E-state index in [0.717, 1.165) is 19.2 Å². The highest BCUT2D eigenvalue weighted by atomic mass is 16.6. The Labute approximate surface area is 109 Å². The van der Waals surface area contributed by atoms with Gasteiger partial charge in [0.25, 0.3) is 11.4 Å². The highest BCUT2D eigenvalue weighted by Crippen LogP contribution is 2.26. The Morgan fingerprint density at radius 2 is 2.00 bits per heavy atom. The monoisotopic (exact) mass is 266 g/mol. The molecular formula is C11H14N4O4. The molecule has 102 valence electrons. The molecule has 19 heavy (non-hydrogen) atoms. The van der Waals surface area contributed by atoms with Crippen LogP contribution in [0.2, 0.25) is 0 Å². The Kier molecular flexibility index (Phi) is 3.72. The van der Waals surface area contributed by atoms with Gasteiger partial charge in [-0.15, -0.1) is 0 Å². The van der Waals surface area contributed by atoms with Gasteiger partial charge >= 0.3 is 0 Å². The average Bonchev–Trinajstić information content (AvgIpc) is 2.26. The first kappa shape index (κ1) is 13.4. The van der Waals surface area contributed by atoms with Crippen LogP contribution in [0.15, 0.2) is 18.2 Å². The van der Waals surface area contributed by atoms with E-state index in [0.29, 0.717) is 18.2 Å². The van der Waals surface area contributed by atoms with Crippen LogP contribution in [-0.2, 0) is 6.54 Å². The second kappa shape index (κ2) is 5.29. The van der Waals surface area contributed by atoms with E-state index in [4.69, 9.17) is 0 Å². The van der Waals surface area contributed by atoms with Crippen LogP contribution in [0.1, 0.15) is 5.56 Å². The molecule has 1 fully saturated rings. The molecule has 0 atom stereocenters. The smallest absolute Gasteiger partial charge is 0.280 e. The van der Waals surface area contributed by atoms with Crippen molar-refractivity contribution in [3.05, 3.63) is 44.0 Å². The summed E-state index contributed by atoms with van der Waals surface area (Å²) in [7, 11) is 1.89. The third-order valence-corrected chi connectivity index (χ3v) is 3.28. The van der Waals surface area contributed by atoms with Gasteiger partial charge in [-0.25, -0.2) is 0 Å². The summed E-state index contributed by atoms with van der Waals surface area (Å²) < 4.78 is 0. The maximum Gasteiger partial charge on any atom is 0.280 e. The number of nitro groups is 2. The zero-order chi connectivity index (χ0) is 14.0. The van der Waals surface area contributed by atoms with Gasteiger partial charge in [-0.1, -0.05) is 0 Å². The summed E-state index contributed by atoms with van der Waals surface area (Å²) >= 11 is 0. The van der Waals surface area contributed by atoms with Crippen molar-refractivity contribution in [2.24, 2.45) is 0 Å². The maximum absolute atomic E-state index is 11.0. The molecule has 8 nitrogen and oxygen atoms in total. The molecule has 0 unspecified atom stereocenters. The quantitative estimate of drug-likeness (QED) is 0.627. The van der Waals surface area contributed by atoms with Crippen molar-refractivity contribution in [3.63, 3.8) is 0 Å². The van der Waals surface area contributed by atoms with Crippen LogP contribution in [0.4, 0.5) is 11.4 Å². The summed E-state index contributed by atoms with van der Waals surface area (Å²) in [5, 5.41) is 24.7. The average molecular weight is 266 g/mol. The second-order valence-electron chi connectivity index (χ2n) is 4.55. The van der Waals surface area contributed by atoms with Crippen LogP contribution in [0.5, 0.6) is 0 Å². The van der Waals surface area contributed by atoms with Crippen molar-refractivity contribution in [1.82, 2.24) is 10.2 Å². The molecule has 1 heterocycles. The third-order valence-electron chi connectivity index (χ3n) is 3.28. The normalized spacial score (nSPS) is 15.3. The summed E-state index contributed by atoms with van der Waals surface area (Å²) in [5.41, 5.74) is 0.0294. The van der Waals surface area contributed by atoms with Crippen LogP contribution < -0.4 is 5.32 Å². The number of non-ortho nitro benzene ring substituents is 1. The molecule has 0 aromatic heterocycles. The minimum Gasteiger partial charge on any atom is -0.314 e. The van der Waals surface area contributed by atoms with Crippen LogP contribution in [0.3, 0.4) is 0 Å². The van der Waals surface area contributed by atoms with Gasteiger partial charge in [0.15, 0.2) is 0 Å². The lowest BCUT2D eigenvalue weighted by molar-refractivity contribution is -0.394. The number of benzene rings is 1. The fourth-order valence-corrected chi connectivity index (χ4v) is 1.95.